The number of nitrogens with zero attached hydrogens (tertiary/aromatic N) is 1. The molecule has 0 spiro atoms. The molecule has 1 aliphatic rings. The SMILES string of the molecule is O=C(O)COc1cccc(NC(=O)NN2CCOCC2)c1. The van der Waals surface area contributed by atoms with Crippen molar-refractivity contribution in [3.05, 3.63) is 24.3 Å². The van der Waals surface area contributed by atoms with E-state index in [1.807, 2.05) is 0 Å². The van der Waals surface area contributed by atoms with Gasteiger partial charge in [-0.25, -0.2) is 14.6 Å². The molecule has 0 atom stereocenters. The minimum atomic E-state index is -1.06. The van der Waals surface area contributed by atoms with E-state index in [4.69, 9.17) is 14.6 Å². The number of hydrogen-bond acceptors (Lipinski definition) is 5. The summed E-state index contributed by atoms with van der Waals surface area (Å²) in [5, 5.41) is 13.0. The van der Waals surface area contributed by atoms with Crippen LogP contribution in [0.5, 0.6) is 5.75 Å². The summed E-state index contributed by atoms with van der Waals surface area (Å²) in [6, 6.07) is 6.16. The van der Waals surface area contributed by atoms with Gasteiger partial charge in [0.15, 0.2) is 6.61 Å². The quantitative estimate of drug-likeness (QED) is 0.732. The van der Waals surface area contributed by atoms with E-state index < -0.39 is 12.6 Å². The van der Waals surface area contributed by atoms with E-state index in [0.29, 0.717) is 37.7 Å². The standard InChI is InChI=1S/C13H17N3O5/c17-12(18)9-21-11-3-1-2-10(8-11)14-13(19)15-16-4-6-20-7-5-16/h1-3,8H,4-7,9H2,(H,17,18)(H2,14,15,19). The summed E-state index contributed by atoms with van der Waals surface area (Å²) in [4.78, 5) is 22.3. The van der Waals surface area contributed by atoms with Crippen LogP contribution < -0.4 is 15.5 Å². The van der Waals surface area contributed by atoms with E-state index in [9.17, 15) is 9.59 Å². The summed E-state index contributed by atoms with van der Waals surface area (Å²) >= 11 is 0. The smallest absolute Gasteiger partial charge is 0.341 e. The number of carbonyl (C=O) groups excluding carboxylic acids is 1. The van der Waals surface area contributed by atoms with Gasteiger partial charge in [0, 0.05) is 24.8 Å². The maximum atomic E-state index is 11.8. The van der Waals surface area contributed by atoms with E-state index in [0.717, 1.165) is 0 Å². The van der Waals surface area contributed by atoms with Crippen molar-refractivity contribution < 1.29 is 24.2 Å². The Morgan fingerprint density at radius 3 is 2.81 bits per heavy atom. The molecule has 114 valence electrons. The summed E-state index contributed by atoms with van der Waals surface area (Å²) in [7, 11) is 0. The number of amides is 2. The Morgan fingerprint density at radius 1 is 1.33 bits per heavy atom. The van der Waals surface area contributed by atoms with Gasteiger partial charge < -0.3 is 19.9 Å². The molecule has 0 unspecified atom stereocenters. The predicted molar refractivity (Wildman–Crippen MR) is 74.1 cm³/mol. The number of aliphatic carboxylic acids is 1. The van der Waals surface area contributed by atoms with Crippen molar-refractivity contribution >= 4 is 17.7 Å². The maximum absolute atomic E-state index is 11.8. The van der Waals surface area contributed by atoms with E-state index in [1.165, 1.54) is 0 Å². The maximum Gasteiger partial charge on any atom is 0.341 e. The van der Waals surface area contributed by atoms with E-state index in [-0.39, 0.29) is 6.03 Å². The summed E-state index contributed by atoms with van der Waals surface area (Å²) < 4.78 is 10.2. The molecule has 3 N–H and O–H groups in total. The minimum absolute atomic E-state index is 0.368. The van der Waals surface area contributed by atoms with Gasteiger partial charge in [-0.05, 0) is 12.1 Å². The molecular formula is C13H17N3O5. The van der Waals surface area contributed by atoms with Gasteiger partial charge in [-0.3, -0.25) is 5.43 Å². The normalized spacial score (nSPS) is 15.2. The van der Waals surface area contributed by atoms with Crippen LogP contribution in [0.2, 0.25) is 0 Å². The Hall–Kier alpha value is -2.32. The molecule has 8 heteroatoms. The van der Waals surface area contributed by atoms with Crippen LogP contribution in [-0.4, -0.2) is 55.0 Å². The third-order valence-electron chi connectivity index (χ3n) is 2.72. The van der Waals surface area contributed by atoms with Gasteiger partial charge in [0.1, 0.15) is 5.75 Å². The third-order valence-corrected chi connectivity index (χ3v) is 2.72. The summed E-state index contributed by atoms with van der Waals surface area (Å²) in [6.45, 7) is 2.01. The van der Waals surface area contributed by atoms with Crippen LogP contribution in [0.3, 0.4) is 0 Å². The van der Waals surface area contributed by atoms with Crippen molar-refractivity contribution in [2.75, 3.05) is 38.2 Å². The van der Waals surface area contributed by atoms with Crippen LogP contribution in [0.4, 0.5) is 10.5 Å². The van der Waals surface area contributed by atoms with Crippen LogP contribution in [0.25, 0.3) is 0 Å². The average Bonchev–Trinajstić information content (AvgIpc) is 2.46. The van der Waals surface area contributed by atoms with Crippen LogP contribution in [0, 0.1) is 0 Å². The Bertz CT molecular complexity index is 502. The molecule has 21 heavy (non-hydrogen) atoms. The monoisotopic (exact) mass is 295 g/mol. The number of ether oxygens (including phenoxy) is 2. The first-order chi connectivity index (χ1) is 10.1. The lowest BCUT2D eigenvalue weighted by molar-refractivity contribution is -0.139. The van der Waals surface area contributed by atoms with Crippen LogP contribution in [0.15, 0.2) is 24.3 Å². The molecule has 0 bridgehead atoms. The molecule has 2 amide bonds. The first kappa shape index (κ1) is 15.1. The van der Waals surface area contributed by atoms with Gasteiger partial charge in [0.25, 0.3) is 0 Å². The molecule has 8 nitrogen and oxygen atoms in total. The molecule has 1 aromatic rings. The topological polar surface area (TPSA) is 100 Å². The zero-order chi connectivity index (χ0) is 15.1. The minimum Gasteiger partial charge on any atom is -0.482 e. The van der Waals surface area contributed by atoms with Crippen molar-refractivity contribution in [3.63, 3.8) is 0 Å². The summed E-state index contributed by atoms with van der Waals surface area (Å²) in [5.74, 6) is -0.681. The second kappa shape index (κ2) is 7.46. The average molecular weight is 295 g/mol. The van der Waals surface area contributed by atoms with Crippen LogP contribution in [0.1, 0.15) is 0 Å². The molecule has 1 aliphatic heterocycles. The molecule has 0 aromatic heterocycles. The molecule has 2 rings (SSSR count). The lowest BCUT2D eigenvalue weighted by atomic mass is 10.3. The fourth-order valence-corrected chi connectivity index (χ4v) is 1.79. The molecular weight excluding hydrogens is 278 g/mol. The summed E-state index contributed by atoms with van der Waals surface area (Å²) in [5.41, 5.74) is 3.22. The Kier molecular flexibility index (Phi) is 5.35. The Morgan fingerprint density at radius 2 is 2.10 bits per heavy atom. The lowest BCUT2D eigenvalue weighted by Gasteiger charge is -2.26. The second-order valence-electron chi connectivity index (χ2n) is 4.38. The largest absolute Gasteiger partial charge is 0.482 e. The number of hydrogen-bond donors (Lipinski definition) is 3. The fraction of sp³-hybridized carbons (Fsp3) is 0.385. The van der Waals surface area contributed by atoms with Crippen molar-refractivity contribution in [1.82, 2.24) is 10.4 Å². The number of carbonyl (C=O) groups is 2. The zero-order valence-corrected chi connectivity index (χ0v) is 11.4. The number of nitrogens with one attached hydrogen (secondary N) is 2. The van der Waals surface area contributed by atoms with Crippen molar-refractivity contribution in [2.24, 2.45) is 0 Å². The number of urea groups is 1. The number of carboxylic acid groups (broad SMARTS) is 1. The molecule has 1 aromatic carbocycles. The Balaban J connectivity index is 1.85. The van der Waals surface area contributed by atoms with Gasteiger partial charge >= 0.3 is 12.0 Å². The predicted octanol–water partition coefficient (Wildman–Crippen LogP) is 0.519. The summed E-state index contributed by atoms with van der Waals surface area (Å²) in [6.07, 6.45) is 0. The fourth-order valence-electron chi connectivity index (χ4n) is 1.79. The van der Waals surface area contributed by atoms with E-state index in [1.54, 1.807) is 29.3 Å². The number of benzene rings is 1. The van der Waals surface area contributed by atoms with E-state index >= 15 is 0 Å². The van der Waals surface area contributed by atoms with Gasteiger partial charge in [-0.2, -0.15) is 0 Å². The van der Waals surface area contributed by atoms with Crippen LogP contribution in [-0.2, 0) is 9.53 Å². The Labute approximate surface area is 121 Å². The van der Waals surface area contributed by atoms with Crippen molar-refractivity contribution in [2.45, 2.75) is 0 Å². The highest BCUT2D eigenvalue weighted by Crippen LogP contribution is 2.17. The first-order valence-electron chi connectivity index (χ1n) is 6.48. The van der Waals surface area contributed by atoms with Gasteiger partial charge in [-0.15, -0.1) is 0 Å². The molecule has 0 saturated carbocycles. The highest BCUT2D eigenvalue weighted by molar-refractivity contribution is 5.89. The van der Waals surface area contributed by atoms with Gasteiger partial charge in [-0.1, -0.05) is 6.07 Å². The molecule has 1 heterocycles. The van der Waals surface area contributed by atoms with Gasteiger partial charge in [0.2, 0.25) is 0 Å². The number of anilines is 1. The first-order valence-corrected chi connectivity index (χ1v) is 6.48. The number of morpholine rings is 1. The van der Waals surface area contributed by atoms with Crippen molar-refractivity contribution in [1.29, 1.82) is 0 Å². The highest BCUT2D eigenvalue weighted by atomic mass is 16.5. The molecule has 0 radical (unpaired) electrons. The molecule has 1 fully saturated rings. The number of hydrazine groups is 1. The molecule has 1 saturated heterocycles. The third kappa shape index (κ3) is 5.28. The number of carboxylic acids is 1. The van der Waals surface area contributed by atoms with E-state index in [2.05, 4.69) is 10.7 Å². The van der Waals surface area contributed by atoms with Gasteiger partial charge in [0.05, 0.1) is 13.2 Å². The van der Waals surface area contributed by atoms with Crippen LogP contribution >= 0.6 is 0 Å². The zero-order valence-electron chi connectivity index (χ0n) is 11.4. The highest BCUT2D eigenvalue weighted by Gasteiger charge is 2.13. The second-order valence-corrected chi connectivity index (χ2v) is 4.38. The van der Waals surface area contributed by atoms with Crippen molar-refractivity contribution in [3.8, 4) is 5.75 Å². The number of rotatable bonds is 5. The lowest BCUT2D eigenvalue weighted by Crippen LogP contribution is -2.49. The molecule has 0 aliphatic carbocycles.